The van der Waals surface area contributed by atoms with Gasteiger partial charge in [-0.1, -0.05) is 24.3 Å². The Morgan fingerprint density at radius 1 is 1.18 bits per heavy atom. The van der Waals surface area contributed by atoms with Crippen LogP contribution in [0.25, 0.3) is 0 Å². The Balaban J connectivity index is 1.87. The van der Waals surface area contributed by atoms with Gasteiger partial charge in [0.15, 0.2) is 5.78 Å². The first-order valence-electron chi connectivity index (χ1n) is 7.25. The third-order valence-corrected chi connectivity index (χ3v) is 4.22. The summed E-state index contributed by atoms with van der Waals surface area (Å²) in [4.78, 5) is 12.4. The number of benzene rings is 1. The minimum atomic E-state index is -1.21. The summed E-state index contributed by atoms with van der Waals surface area (Å²) in [6.45, 7) is 0.366. The van der Waals surface area contributed by atoms with Gasteiger partial charge < -0.3 is 9.84 Å². The molecular weight excluding hydrogens is 308 g/mol. The number of carbonyl (C=O) groups is 1. The van der Waals surface area contributed by atoms with Gasteiger partial charge in [0.1, 0.15) is 11.4 Å². The van der Waals surface area contributed by atoms with E-state index in [0.717, 1.165) is 31.3 Å². The van der Waals surface area contributed by atoms with Crippen molar-refractivity contribution >= 4 is 17.8 Å². The summed E-state index contributed by atoms with van der Waals surface area (Å²) in [5, 5.41) is 21.9. The van der Waals surface area contributed by atoms with Crippen LogP contribution in [0.5, 0.6) is 5.75 Å². The molecule has 1 aliphatic rings. The Morgan fingerprint density at radius 3 is 2.50 bits per heavy atom. The maximum Gasteiger partial charge on any atom is 0.194 e. The predicted molar refractivity (Wildman–Crippen MR) is 81.6 cm³/mol. The van der Waals surface area contributed by atoms with Crippen molar-refractivity contribution in [1.29, 1.82) is 0 Å². The first-order chi connectivity index (χ1) is 10.7. The molecule has 0 saturated heterocycles. The topological polar surface area (TPSA) is 85.2 Å². The van der Waals surface area contributed by atoms with Gasteiger partial charge in [0.25, 0.3) is 0 Å². The molecule has 122 valence electrons. The maximum absolute atomic E-state index is 12.4. The van der Waals surface area contributed by atoms with E-state index in [-0.39, 0.29) is 5.78 Å². The molecule has 0 radical (unpaired) electrons. The molecule has 0 atom stereocenters. The molecule has 0 aliphatic heterocycles. The first-order valence-corrected chi connectivity index (χ1v) is 8.16. The SMILES string of the molecule is O=C(c1ccc(OCCSOOO)cc1)C1(O)CCCCC1. The van der Waals surface area contributed by atoms with Gasteiger partial charge in [-0.2, -0.15) is 0 Å². The fourth-order valence-corrected chi connectivity index (χ4v) is 2.85. The number of hydrogen-bond acceptors (Lipinski definition) is 7. The second-order valence-corrected chi connectivity index (χ2v) is 6.04. The largest absolute Gasteiger partial charge is 0.493 e. The van der Waals surface area contributed by atoms with Gasteiger partial charge >= 0.3 is 0 Å². The van der Waals surface area contributed by atoms with Crippen LogP contribution in [-0.4, -0.2) is 34.1 Å². The number of aliphatic hydroxyl groups is 1. The quantitative estimate of drug-likeness (QED) is 0.249. The van der Waals surface area contributed by atoms with Gasteiger partial charge in [-0.3, -0.25) is 4.79 Å². The molecule has 0 unspecified atom stereocenters. The third kappa shape index (κ3) is 4.69. The molecule has 1 saturated carbocycles. The molecular formula is C15H20O6S. The Bertz CT molecular complexity index is 469. The second-order valence-electron chi connectivity index (χ2n) is 5.26. The summed E-state index contributed by atoms with van der Waals surface area (Å²) in [6, 6.07) is 6.75. The number of Topliss-reactive ketones (excluding diaryl/α,β-unsaturated/α-hetero) is 1. The highest BCUT2D eigenvalue weighted by Crippen LogP contribution is 2.31. The molecule has 0 heterocycles. The van der Waals surface area contributed by atoms with Crippen molar-refractivity contribution in [3.05, 3.63) is 29.8 Å². The Hall–Kier alpha value is -1.12. The lowest BCUT2D eigenvalue weighted by molar-refractivity contribution is -0.432. The van der Waals surface area contributed by atoms with Crippen LogP contribution in [0.15, 0.2) is 24.3 Å². The summed E-state index contributed by atoms with van der Waals surface area (Å²) in [5.74, 6) is 0.890. The van der Waals surface area contributed by atoms with E-state index in [1.165, 1.54) is 0 Å². The van der Waals surface area contributed by atoms with Gasteiger partial charge in [0.2, 0.25) is 0 Å². The predicted octanol–water partition coefficient (Wildman–Crippen LogP) is 3.01. The lowest BCUT2D eigenvalue weighted by atomic mass is 9.79. The van der Waals surface area contributed by atoms with Crippen LogP contribution in [0.4, 0.5) is 0 Å². The molecule has 2 rings (SSSR count). The van der Waals surface area contributed by atoms with Crippen molar-refractivity contribution in [1.82, 2.24) is 0 Å². The fourth-order valence-electron chi connectivity index (χ4n) is 2.58. The molecule has 0 aromatic heterocycles. The minimum Gasteiger partial charge on any atom is -0.493 e. The Labute approximate surface area is 133 Å². The van der Waals surface area contributed by atoms with E-state index in [0.29, 0.717) is 36.5 Å². The molecule has 1 fully saturated rings. The van der Waals surface area contributed by atoms with Crippen LogP contribution < -0.4 is 4.74 Å². The average Bonchev–Trinajstić information content (AvgIpc) is 2.55. The number of carbonyl (C=O) groups excluding carboxylic acids is 1. The van der Waals surface area contributed by atoms with Crippen LogP contribution in [0.1, 0.15) is 42.5 Å². The Morgan fingerprint density at radius 2 is 1.86 bits per heavy atom. The van der Waals surface area contributed by atoms with E-state index in [9.17, 15) is 9.90 Å². The molecule has 0 amide bonds. The smallest absolute Gasteiger partial charge is 0.194 e. The molecule has 0 spiro atoms. The highest BCUT2D eigenvalue weighted by Gasteiger charge is 2.37. The number of ketones is 1. The van der Waals surface area contributed by atoms with Crippen molar-refractivity contribution in [2.75, 3.05) is 12.4 Å². The van der Waals surface area contributed by atoms with Gasteiger partial charge in [0, 0.05) is 17.6 Å². The molecule has 1 aromatic carbocycles. The van der Waals surface area contributed by atoms with Gasteiger partial charge in [0.05, 0.1) is 12.4 Å². The van der Waals surface area contributed by atoms with Gasteiger partial charge in [-0.05, 0) is 37.1 Å². The highest BCUT2D eigenvalue weighted by atomic mass is 32.2. The van der Waals surface area contributed by atoms with Crippen LogP contribution in [-0.2, 0) is 9.37 Å². The average molecular weight is 328 g/mol. The molecule has 0 bridgehead atoms. The van der Waals surface area contributed by atoms with Crippen LogP contribution in [0.3, 0.4) is 0 Å². The summed E-state index contributed by atoms with van der Waals surface area (Å²) in [7, 11) is 0. The fraction of sp³-hybridized carbons (Fsp3) is 0.533. The Kier molecular flexibility index (Phi) is 6.66. The van der Waals surface area contributed by atoms with E-state index in [2.05, 4.69) is 9.37 Å². The first kappa shape index (κ1) is 17.2. The van der Waals surface area contributed by atoms with E-state index in [1.54, 1.807) is 24.3 Å². The number of hydrogen-bond donors (Lipinski definition) is 2. The minimum absolute atomic E-state index is 0.206. The number of rotatable bonds is 8. The lowest BCUT2D eigenvalue weighted by Crippen LogP contribution is -2.40. The summed E-state index contributed by atoms with van der Waals surface area (Å²) >= 11 is 0.914. The van der Waals surface area contributed by atoms with Crippen LogP contribution in [0, 0.1) is 0 Å². The van der Waals surface area contributed by atoms with Crippen molar-refractivity contribution in [3.63, 3.8) is 0 Å². The standard InChI is InChI=1S/C15H20O6S/c16-14(15(17)8-2-1-3-9-15)12-4-6-13(7-5-12)19-10-11-22-21-20-18/h4-7,17-18H,1-3,8-11H2. The number of ether oxygens (including phenoxy) is 1. The molecule has 2 N–H and O–H groups in total. The van der Waals surface area contributed by atoms with Crippen LogP contribution >= 0.6 is 12.0 Å². The van der Waals surface area contributed by atoms with Crippen molar-refractivity contribution in [2.45, 2.75) is 37.7 Å². The zero-order chi connectivity index (χ0) is 15.8. The highest BCUT2D eigenvalue weighted by molar-refractivity contribution is 7.94. The maximum atomic E-state index is 12.4. The second kappa shape index (κ2) is 8.50. The van der Waals surface area contributed by atoms with Crippen molar-refractivity contribution in [3.8, 4) is 5.75 Å². The van der Waals surface area contributed by atoms with Crippen molar-refractivity contribution < 1.29 is 29.3 Å². The molecule has 7 heteroatoms. The summed E-state index contributed by atoms with van der Waals surface area (Å²) < 4.78 is 9.67. The summed E-state index contributed by atoms with van der Waals surface area (Å²) in [5.41, 5.74) is -0.707. The van der Waals surface area contributed by atoms with E-state index >= 15 is 0 Å². The third-order valence-electron chi connectivity index (χ3n) is 3.73. The lowest BCUT2D eigenvalue weighted by Gasteiger charge is -2.30. The molecule has 22 heavy (non-hydrogen) atoms. The molecule has 1 aromatic rings. The molecule has 6 nitrogen and oxygen atoms in total. The molecule has 1 aliphatic carbocycles. The normalized spacial score (nSPS) is 17.2. The zero-order valence-corrected chi connectivity index (χ0v) is 13.0. The van der Waals surface area contributed by atoms with E-state index in [1.807, 2.05) is 0 Å². The van der Waals surface area contributed by atoms with E-state index in [4.69, 9.17) is 9.99 Å². The summed E-state index contributed by atoms with van der Waals surface area (Å²) in [6.07, 6.45) is 3.93. The monoisotopic (exact) mass is 328 g/mol. The van der Waals surface area contributed by atoms with Crippen molar-refractivity contribution in [2.24, 2.45) is 0 Å². The van der Waals surface area contributed by atoms with Gasteiger partial charge in [-0.15, -0.1) is 4.33 Å². The van der Waals surface area contributed by atoms with Gasteiger partial charge in [-0.25, -0.2) is 5.26 Å². The van der Waals surface area contributed by atoms with E-state index < -0.39 is 5.60 Å². The van der Waals surface area contributed by atoms with Crippen LogP contribution in [0.2, 0.25) is 0 Å². The zero-order valence-electron chi connectivity index (χ0n) is 12.2.